The Labute approximate surface area is 67.9 Å². The van der Waals surface area contributed by atoms with Crippen molar-refractivity contribution in [3.05, 3.63) is 35.9 Å². The van der Waals surface area contributed by atoms with Gasteiger partial charge >= 0.3 is 0 Å². The van der Waals surface area contributed by atoms with Crippen LogP contribution in [0.15, 0.2) is 35.4 Å². The van der Waals surface area contributed by atoms with E-state index in [1.54, 1.807) is 0 Å². The van der Waals surface area contributed by atoms with Crippen LogP contribution in [0.3, 0.4) is 0 Å². The number of nitrogens with zero attached hydrogens (tertiary/aromatic N) is 1. The first-order valence-corrected chi connectivity index (χ1v) is 3.62. The summed E-state index contributed by atoms with van der Waals surface area (Å²) in [4.78, 5) is 0. The Kier molecular flexibility index (Phi) is 2.45. The Morgan fingerprint density at radius 2 is 1.90 bits per heavy atom. The van der Waals surface area contributed by atoms with Gasteiger partial charge in [0.05, 0.1) is 0 Å². The summed E-state index contributed by atoms with van der Waals surface area (Å²) in [6.45, 7) is 0. The van der Waals surface area contributed by atoms with Crippen molar-refractivity contribution < 1.29 is 0 Å². The fourth-order valence-corrected chi connectivity index (χ4v) is 0.915. The van der Waals surface area contributed by atoms with Gasteiger partial charge in [-0.3, -0.25) is 0 Å². The van der Waals surface area contributed by atoms with Crippen LogP contribution in [0.2, 0.25) is 0 Å². The summed E-state index contributed by atoms with van der Waals surface area (Å²) in [5, 5.41) is 3.49. The molecule has 3 heteroatoms. The van der Waals surface area contributed by atoms with Crippen molar-refractivity contribution in [2.24, 2.45) is 10.9 Å². The molecule has 0 aromatic heterocycles. The van der Waals surface area contributed by atoms with Gasteiger partial charge in [-0.05, 0) is 15.9 Å². The zero-order chi connectivity index (χ0) is 7.40. The Hall–Kier alpha value is -0.830. The molecule has 10 heavy (non-hydrogen) atoms. The van der Waals surface area contributed by atoms with E-state index in [0.29, 0.717) is 4.62 Å². The van der Waals surface area contributed by atoms with Gasteiger partial charge in [0.2, 0.25) is 0 Å². The summed E-state index contributed by atoms with van der Waals surface area (Å²) in [6.07, 6.45) is 0. The highest BCUT2D eigenvalue weighted by molar-refractivity contribution is 9.18. The number of rotatable bonds is 1. The molecule has 0 amide bonds. The largest absolute Gasteiger partial charge is 0.322 e. The maximum Gasteiger partial charge on any atom is 0.132 e. The van der Waals surface area contributed by atoms with E-state index in [2.05, 4.69) is 21.0 Å². The minimum absolute atomic E-state index is 0.674. The Morgan fingerprint density at radius 3 is 2.40 bits per heavy atom. The average Bonchev–Trinajstić information content (AvgIpc) is 2.05. The van der Waals surface area contributed by atoms with Crippen molar-refractivity contribution in [1.29, 1.82) is 0 Å². The molecule has 0 heterocycles. The van der Waals surface area contributed by atoms with Gasteiger partial charge < -0.3 is 5.84 Å². The van der Waals surface area contributed by atoms with Gasteiger partial charge in [-0.25, -0.2) is 0 Å². The highest BCUT2D eigenvalue weighted by atomic mass is 79.9. The Morgan fingerprint density at radius 1 is 1.30 bits per heavy atom. The van der Waals surface area contributed by atoms with Crippen LogP contribution in [0.25, 0.3) is 0 Å². The minimum atomic E-state index is 0.674. The van der Waals surface area contributed by atoms with Crippen molar-refractivity contribution in [2.75, 3.05) is 0 Å². The second-order valence-electron chi connectivity index (χ2n) is 1.79. The molecule has 2 nitrogen and oxygen atoms in total. The van der Waals surface area contributed by atoms with Gasteiger partial charge in [-0.2, -0.15) is 5.10 Å². The third-order valence-corrected chi connectivity index (χ3v) is 1.79. The molecule has 1 aromatic rings. The smallest absolute Gasteiger partial charge is 0.132 e. The van der Waals surface area contributed by atoms with Gasteiger partial charge in [-0.1, -0.05) is 30.3 Å². The molecule has 0 saturated carbocycles. The molecular weight excluding hydrogens is 192 g/mol. The predicted octanol–water partition coefficient (Wildman–Crippen LogP) is 1.70. The second-order valence-corrected chi connectivity index (χ2v) is 2.54. The molecule has 0 radical (unpaired) electrons. The number of hydrogen-bond acceptors (Lipinski definition) is 2. The van der Waals surface area contributed by atoms with Gasteiger partial charge in [0.25, 0.3) is 0 Å². The number of nitrogens with two attached hydrogens (primary N) is 1. The molecule has 0 atom stereocenters. The lowest BCUT2D eigenvalue weighted by Crippen LogP contribution is -1.93. The Bertz CT molecular complexity index is 231. The van der Waals surface area contributed by atoms with Crippen molar-refractivity contribution in [2.45, 2.75) is 0 Å². The lowest BCUT2D eigenvalue weighted by molar-refractivity contribution is 1.26. The second kappa shape index (κ2) is 3.37. The molecule has 1 aromatic carbocycles. The molecule has 0 spiro atoms. The molecule has 0 fully saturated rings. The monoisotopic (exact) mass is 198 g/mol. The molecular formula is C7H7BrN2. The van der Waals surface area contributed by atoms with E-state index in [-0.39, 0.29) is 0 Å². The fraction of sp³-hybridized carbons (Fsp3) is 0. The molecule has 1 rings (SSSR count). The summed E-state index contributed by atoms with van der Waals surface area (Å²) in [5.41, 5.74) is 0.991. The first kappa shape index (κ1) is 7.28. The fourth-order valence-electron chi connectivity index (χ4n) is 0.650. The SMILES string of the molecule is NN=C(Br)c1ccccc1. The third kappa shape index (κ3) is 1.57. The van der Waals surface area contributed by atoms with Crippen molar-refractivity contribution in [1.82, 2.24) is 0 Å². The molecule has 0 unspecified atom stereocenters. The van der Waals surface area contributed by atoms with E-state index in [0.717, 1.165) is 5.56 Å². The molecule has 2 N–H and O–H groups in total. The molecule has 0 aliphatic heterocycles. The predicted molar refractivity (Wildman–Crippen MR) is 46.1 cm³/mol. The summed E-state index contributed by atoms with van der Waals surface area (Å²) in [5.74, 6) is 5.05. The molecule has 0 aliphatic rings. The van der Waals surface area contributed by atoms with Crippen LogP contribution >= 0.6 is 15.9 Å². The topological polar surface area (TPSA) is 38.4 Å². The quantitative estimate of drug-likeness (QED) is 0.417. The highest BCUT2D eigenvalue weighted by Crippen LogP contribution is 2.04. The zero-order valence-corrected chi connectivity index (χ0v) is 6.88. The highest BCUT2D eigenvalue weighted by Gasteiger charge is 1.93. The van der Waals surface area contributed by atoms with Crippen LogP contribution in [0.1, 0.15) is 5.56 Å². The molecule has 52 valence electrons. The Balaban J connectivity index is 2.96. The normalized spacial score (nSPS) is 11.5. The minimum Gasteiger partial charge on any atom is -0.322 e. The number of halogens is 1. The van der Waals surface area contributed by atoms with Crippen LogP contribution in [0, 0.1) is 0 Å². The lowest BCUT2D eigenvalue weighted by Gasteiger charge is -1.93. The van der Waals surface area contributed by atoms with Crippen LogP contribution in [-0.4, -0.2) is 4.62 Å². The van der Waals surface area contributed by atoms with E-state index >= 15 is 0 Å². The molecule has 0 aliphatic carbocycles. The van der Waals surface area contributed by atoms with Crippen molar-refractivity contribution in [3.8, 4) is 0 Å². The summed E-state index contributed by atoms with van der Waals surface area (Å²) >= 11 is 3.21. The number of benzene rings is 1. The summed E-state index contributed by atoms with van der Waals surface area (Å²) in [7, 11) is 0. The standard InChI is InChI=1S/C7H7BrN2/c8-7(10-9)6-4-2-1-3-5-6/h1-5H,9H2. The van der Waals surface area contributed by atoms with Gasteiger partial charge in [-0.15, -0.1) is 0 Å². The first-order chi connectivity index (χ1) is 4.84. The van der Waals surface area contributed by atoms with Gasteiger partial charge in [0.15, 0.2) is 0 Å². The third-order valence-electron chi connectivity index (χ3n) is 1.13. The zero-order valence-electron chi connectivity index (χ0n) is 5.29. The average molecular weight is 199 g/mol. The van der Waals surface area contributed by atoms with Crippen molar-refractivity contribution >= 4 is 20.6 Å². The van der Waals surface area contributed by atoms with E-state index in [9.17, 15) is 0 Å². The first-order valence-electron chi connectivity index (χ1n) is 2.83. The van der Waals surface area contributed by atoms with Crippen LogP contribution in [0.5, 0.6) is 0 Å². The van der Waals surface area contributed by atoms with E-state index in [1.165, 1.54) is 0 Å². The lowest BCUT2D eigenvalue weighted by atomic mass is 10.2. The van der Waals surface area contributed by atoms with Crippen LogP contribution < -0.4 is 5.84 Å². The van der Waals surface area contributed by atoms with E-state index < -0.39 is 0 Å². The van der Waals surface area contributed by atoms with Gasteiger partial charge in [0, 0.05) is 5.56 Å². The molecule has 0 saturated heterocycles. The van der Waals surface area contributed by atoms with Crippen LogP contribution in [0.4, 0.5) is 0 Å². The maximum atomic E-state index is 5.05. The van der Waals surface area contributed by atoms with Crippen LogP contribution in [-0.2, 0) is 0 Å². The summed E-state index contributed by atoms with van der Waals surface area (Å²) < 4.78 is 0.674. The summed E-state index contributed by atoms with van der Waals surface area (Å²) in [6, 6.07) is 9.67. The maximum absolute atomic E-state index is 5.05. The number of hydrogen-bond donors (Lipinski definition) is 1. The van der Waals surface area contributed by atoms with E-state index in [1.807, 2.05) is 30.3 Å². The van der Waals surface area contributed by atoms with E-state index in [4.69, 9.17) is 5.84 Å². The number of hydrazone groups is 1. The van der Waals surface area contributed by atoms with Gasteiger partial charge in [0.1, 0.15) is 4.62 Å². The molecule has 0 bridgehead atoms. The van der Waals surface area contributed by atoms with Crippen molar-refractivity contribution in [3.63, 3.8) is 0 Å².